The minimum atomic E-state index is 0.142. The number of hydrogen-bond donors (Lipinski definition) is 2. The van der Waals surface area contributed by atoms with Gasteiger partial charge in [0.15, 0.2) is 0 Å². The van der Waals surface area contributed by atoms with Gasteiger partial charge in [0.1, 0.15) is 11.5 Å². The van der Waals surface area contributed by atoms with E-state index in [-0.39, 0.29) is 11.5 Å². The van der Waals surface area contributed by atoms with E-state index in [9.17, 15) is 10.2 Å². The zero-order valence-electron chi connectivity index (χ0n) is 17.1. The molecule has 0 unspecified atom stereocenters. The molecule has 0 aliphatic carbocycles. The molecule has 2 N–H and O–H groups in total. The standard InChI is InChI=1S/C30H18O2/c31-29-17-13-23-20-28-24(19-27(23)25(29)15-11-21-7-3-1-4-8-21)14-18-30(32)26(28)16-12-22-9-5-2-6-10-22/h1-10,13-14,17-20,31-32H. The van der Waals surface area contributed by atoms with E-state index in [2.05, 4.69) is 23.7 Å². The maximum absolute atomic E-state index is 10.5. The summed E-state index contributed by atoms with van der Waals surface area (Å²) in [7, 11) is 0. The van der Waals surface area contributed by atoms with Crippen molar-refractivity contribution >= 4 is 21.5 Å². The SMILES string of the molecule is Oc1ccc2cc3c(C#Cc4ccccc4)c(O)ccc3cc2c1C#Cc1ccccc1. The summed E-state index contributed by atoms with van der Waals surface area (Å²) in [5, 5.41) is 24.6. The lowest BCUT2D eigenvalue weighted by Gasteiger charge is -2.09. The molecule has 0 atom stereocenters. The Morgan fingerprint density at radius 2 is 0.844 bits per heavy atom. The first kappa shape index (κ1) is 19.3. The van der Waals surface area contributed by atoms with Crippen molar-refractivity contribution in [2.45, 2.75) is 0 Å². The molecule has 0 radical (unpaired) electrons. The predicted molar refractivity (Wildman–Crippen MR) is 130 cm³/mol. The van der Waals surface area contributed by atoms with Crippen molar-refractivity contribution in [3.05, 3.63) is 119 Å². The van der Waals surface area contributed by atoms with Crippen molar-refractivity contribution in [3.8, 4) is 35.2 Å². The second-order valence-electron chi connectivity index (χ2n) is 7.45. The summed E-state index contributed by atoms with van der Waals surface area (Å²) >= 11 is 0. The van der Waals surface area contributed by atoms with Gasteiger partial charge in [-0.05, 0) is 59.3 Å². The highest BCUT2D eigenvalue weighted by Gasteiger charge is 2.10. The van der Waals surface area contributed by atoms with Crippen molar-refractivity contribution < 1.29 is 10.2 Å². The molecule has 0 bridgehead atoms. The molecular weight excluding hydrogens is 392 g/mol. The fraction of sp³-hybridized carbons (Fsp3) is 0. The monoisotopic (exact) mass is 410 g/mol. The van der Waals surface area contributed by atoms with Gasteiger partial charge in [0.25, 0.3) is 0 Å². The number of rotatable bonds is 0. The average molecular weight is 410 g/mol. The lowest BCUT2D eigenvalue weighted by Crippen LogP contribution is -1.87. The first-order valence-electron chi connectivity index (χ1n) is 10.2. The Morgan fingerprint density at radius 1 is 0.438 bits per heavy atom. The summed E-state index contributed by atoms with van der Waals surface area (Å²) in [5.41, 5.74) is 2.93. The van der Waals surface area contributed by atoms with Crippen LogP contribution in [0.25, 0.3) is 21.5 Å². The highest BCUT2D eigenvalue weighted by molar-refractivity contribution is 6.04. The molecule has 0 amide bonds. The third-order valence-corrected chi connectivity index (χ3v) is 5.33. The third kappa shape index (κ3) is 3.74. The van der Waals surface area contributed by atoms with E-state index in [1.165, 1.54) is 0 Å². The molecule has 5 aromatic rings. The molecule has 0 heterocycles. The lowest BCUT2D eigenvalue weighted by molar-refractivity contribution is 0.474. The summed E-state index contributed by atoms with van der Waals surface area (Å²) in [6.07, 6.45) is 0. The molecule has 0 saturated heterocycles. The Labute approximate surface area is 186 Å². The number of aromatic hydroxyl groups is 2. The van der Waals surface area contributed by atoms with E-state index in [0.29, 0.717) is 11.1 Å². The highest BCUT2D eigenvalue weighted by atomic mass is 16.3. The molecule has 150 valence electrons. The zero-order valence-corrected chi connectivity index (χ0v) is 17.1. The van der Waals surface area contributed by atoms with Crippen LogP contribution in [0.1, 0.15) is 22.3 Å². The Bertz CT molecular complexity index is 1450. The van der Waals surface area contributed by atoms with E-state index in [1.807, 2.05) is 84.9 Å². The smallest absolute Gasteiger partial charge is 0.131 e. The fourth-order valence-electron chi connectivity index (χ4n) is 3.70. The van der Waals surface area contributed by atoms with Crippen LogP contribution in [-0.2, 0) is 0 Å². The molecule has 2 nitrogen and oxygen atoms in total. The van der Waals surface area contributed by atoms with Gasteiger partial charge in [-0.15, -0.1) is 0 Å². The van der Waals surface area contributed by atoms with Crippen molar-refractivity contribution in [1.82, 2.24) is 0 Å². The number of phenolic OH excluding ortho intramolecular Hbond substituents is 2. The molecule has 0 saturated carbocycles. The minimum Gasteiger partial charge on any atom is -0.507 e. The summed E-state index contributed by atoms with van der Waals surface area (Å²) < 4.78 is 0. The highest BCUT2D eigenvalue weighted by Crippen LogP contribution is 2.34. The van der Waals surface area contributed by atoms with Gasteiger partial charge < -0.3 is 10.2 Å². The summed E-state index contributed by atoms with van der Waals surface area (Å²) in [6.45, 7) is 0. The maximum atomic E-state index is 10.5. The molecule has 32 heavy (non-hydrogen) atoms. The van der Waals surface area contributed by atoms with Gasteiger partial charge in [0.2, 0.25) is 0 Å². The number of hydrogen-bond acceptors (Lipinski definition) is 2. The number of benzene rings is 5. The van der Waals surface area contributed by atoms with Gasteiger partial charge in [0.05, 0.1) is 11.1 Å². The molecule has 0 aliphatic heterocycles. The quantitative estimate of drug-likeness (QED) is 0.236. The van der Waals surface area contributed by atoms with Gasteiger partial charge in [0, 0.05) is 21.9 Å². The van der Waals surface area contributed by atoms with Crippen molar-refractivity contribution in [3.63, 3.8) is 0 Å². The Balaban J connectivity index is 1.69. The van der Waals surface area contributed by atoms with Gasteiger partial charge in [-0.3, -0.25) is 0 Å². The second kappa shape index (κ2) is 8.23. The van der Waals surface area contributed by atoms with E-state index in [0.717, 1.165) is 32.7 Å². The van der Waals surface area contributed by atoms with Crippen LogP contribution >= 0.6 is 0 Å². The van der Waals surface area contributed by atoms with Crippen LogP contribution in [0, 0.1) is 23.7 Å². The van der Waals surface area contributed by atoms with E-state index >= 15 is 0 Å². The van der Waals surface area contributed by atoms with Crippen molar-refractivity contribution in [2.24, 2.45) is 0 Å². The summed E-state index contributed by atoms with van der Waals surface area (Å²) in [4.78, 5) is 0. The molecule has 0 aromatic heterocycles. The van der Waals surface area contributed by atoms with Crippen LogP contribution in [0.15, 0.2) is 97.1 Å². The first-order valence-corrected chi connectivity index (χ1v) is 10.2. The van der Waals surface area contributed by atoms with E-state index < -0.39 is 0 Å². The molecule has 5 aromatic carbocycles. The van der Waals surface area contributed by atoms with Crippen LogP contribution in [0.5, 0.6) is 11.5 Å². The molecule has 2 heteroatoms. The van der Waals surface area contributed by atoms with Crippen LogP contribution in [0.2, 0.25) is 0 Å². The normalized spacial score (nSPS) is 10.2. The topological polar surface area (TPSA) is 40.5 Å². The zero-order chi connectivity index (χ0) is 21.9. The van der Waals surface area contributed by atoms with Crippen LogP contribution in [0.4, 0.5) is 0 Å². The number of phenols is 2. The van der Waals surface area contributed by atoms with Gasteiger partial charge in [-0.25, -0.2) is 0 Å². The van der Waals surface area contributed by atoms with E-state index in [4.69, 9.17) is 0 Å². The largest absolute Gasteiger partial charge is 0.507 e. The third-order valence-electron chi connectivity index (χ3n) is 5.33. The summed E-state index contributed by atoms with van der Waals surface area (Å²) in [6, 6.07) is 30.4. The van der Waals surface area contributed by atoms with Crippen LogP contribution in [-0.4, -0.2) is 10.2 Å². The lowest BCUT2D eigenvalue weighted by atomic mass is 9.96. The van der Waals surface area contributed by atoms with Gasteiger partial charge in [-0.2, -0.15) is 0 Å². The van der Waals surface area contributed by atoms with Crippen molar-refractivity contribution in [1.29, 1.82) is 0 Å². The Hall–Kier alpha value is -4.66. The Morgan fingerprint density at radius 3 is 1.25 bits per heavy atom. The van der Waals surface area contributed by atoms with Crippen LogP contribution < -0.4 is 0 Å². The second-order valence-corrected chi connectivity index (χ2v) is 7.45. The van der Waals surface area contributed by atoms with Gasteiger partial charge >= 0.3 is 0 Å². The minimum absolute atomic E-state index is 0.142. The van der Waals surface area contributed by atoms with E-state index in [1.54, 1.807) is 12.1 Å². The number of fused-ring (bicyclic) bond motifs is 2. The molecule has 0 aliphatic rings. The van der Waals surface area contributed by atoms with Gasteiger partial charge in [-0.1, -0.05) is 72.2 Å². The van der Waals surface area contributed by atoms with Crippen LogP contribution in [0.3, 0.4) is 0 Å². The fourth-order valence-corrected chi connectivity index (χ4v) is 3.70. The Kier molecular flexibility index (Phi) is 4.97. The molecule has 5 rings (SSSR count). The molecule has 0 spiro atoms. The molecular formula is C30H18O2. The first-order chi connectivity index (χ1) is 15.7. The van der Waals surface area contributed by atoms with Crippen molar-refractivity contribution in [2.75, 3.05) is 0 Å². The maximum Gasteiger partial charge on any atom is 0.131 e. The summed E-state index contributed by atoms with van der Waals surface area (Å²) in [5.74, 6) is 12.8. The molecule has 0 fully saturated rings. The average Bonchev–Trinajstić information content (AvgIpc) is 2.83. The predicted octanol–water partition coefficient (Wildman–Crippen LogP) is 6.20.